The van der Waals surface area contributed by atoms with Gasteiger partial charge in [0.1, 0.15) is 18.0 Å². The van der Waals surface area contributed by atoms with E-state index in [-0.39, 0.29) is 23.9 Å². The van der Waals surface area contributed by atoms with Crippen LogP contribution in [0.5, 0.6) is 0 Å². The number of carbonyl (C=O) groups is 1. The molecule has 7 nitrogen and oxygen atoms in total. The highest BCUT2D eigenvalue weighted by atomic mass is 32.2. The minimum Gasteiger partial charge on any atom is -0.464 e. The first-order valence-corrected chi connectivity index (χ1v) is 9.35. The van der Waals surface area contributed by atoms with Crippen molar-refractivity contribution in [2.75, 3.05) is 14.1 Å². The fraction of sp³-hybridized carbons (Fsp3) is 0.278. The van der Waals surface area contributed by atoms with Crippen LogP contribution in [0.4, 0.5) is 0 Å². The molecular formula is C18H19NO6S. The maximum atomic E-state index is 12.1. The lowest BCUT2D eigenvalue weighted by Gasteiger charge is -2.07. The lowest BCUT2D eigenvalue weighted by Crippen LogP contribution is -2.21. The summed E-state index contributed by atoms with van der Waals surface area (Å²) < 4.78 is 40.9. The van der Waals surface area contributed by atoms with Crippen LogP contribution in [0.15, 0.2) is 50.5 Å². The molecule has 0 atom stereocenters. The normalized spacial score (nSPS) is 12.0. The van der Waals surface area contributed by atoms with Gasteiger partial charge in [-0.2, -0.15) is 0 Å². The van der Waals surface area contributed by atoms with Crippen LogP contribution in [0.3, 0.4) is 0 Å². The number of carbonyl (C=O) groups excluding carboxylic acids is 1. The first-order chi connectivity index (χ1) is 12.3. The molecule has 138 valence electrons. The molecule has 0 aliphatic rings. The van der Waals surface area contributed by atoms with Crippen LogP contribution < -0.4 is 0 Å². The molecule has 0 radical (unpaired) electrons. The standard InChI is InChI=1S/C18H19NO6S/c1-12-4-6-15-13(10-23-16(15)8-12)9-17(20)24-11-14-5-7-18(25-14)26(21,22)19(2)3/h4-8,10H,9,11H2,1-3H3. The average molecular weight is 377 g/mol. The van der Waals surface area contributed by atoms with Gasteiger partial charge in [0.05, 0.1) is 12.7 Å². The Morgan fingerprint density at radius 3 is 2.69 bits per heavy atom. The molecule has 0 spiro atoms. The number of furan rings is 2. The van der Waals surface area contributed by atoms with Crippen molar-refractivity contribution in [3.63, 3.8) is 0 Å². The third-order valence-electron chi connectivity index (χ3n) is 3.89. The van der Waals surface area contributed by atoms with E-state index in [1.54, 1.807) is 6.26 Å². The minimum absolute atomic E-state index is 0.0552. The molecule has 0 fully saturated rings. The molecule has 0 unspecified atom stereocenters. The Morgan fingerprint density at radius 2 is 1.96 bits per heavy atom. The SMILES string of the molecule is Cc1ccc2c(CC(=O)OCc3ccc(S(=O)(=O)N(C)C)o3)coc2c1. The summed E-state index contributed by atoms with van der Waals surface area (Å²) in [7, 11) is -0.828. The van der Waals surface area contributed by atoms with Crippen LogP contribution in [0, 0.1) is 6.92 Å². The summed E-state index contributed by atoms with van der Waals surface area (Å²) in [5.41, 5.74) is 2.53. The van der Waals surface area contributed by atoms with E-state index in [0.717, 1.165) is 26.4 Å². The second-order valence-corrected chi connectivity index (χ2v) is 8.19. The Hall–Kier alpha value is -2.58. The number of nitrogens with zero attached hydrogens (tertiary/aromatic N) is 1. The summed E-state index contributed by atoms with van der Waals surface area (Å²) >= 11 is 0. The monoisotopic (exact) mass is 377 g/mol. The van der Waals surface area contributed by atoms with E-state index in [1.807, 2.05) is 25.1 Å². The summed E-state index contributed by atoms with van der Waals surface area (Å²) in [5, 5.41) is 0.676. The molecule has 0 N–H and O–H groups in total. The first kappa shape index (κ1) is 18.2. The van der Waals surface area contributed by atoms with Gasteiger partial charge in [-0.3, -0.25) is 4.79 Å². The molecule has 3 rings (SSSR count). The van der Waals surface area contributed by atoms with Crippen molar-refractivity contribution in [3.8, 4) is 0 Å². The number of hydrogen-bond acceptors (Lipinski definition) is 6. The molecule has 0 aliphatic carbocycles. The predicted molar refractivity (Wildman–Crippen MR) is 94.0 cm³/mol. The number of esters is 1. The van der Waals surface area contributed by atoms with Gasteiger partial charge in [0.15, 0.2) is 0 Å². The number of fused-ring (bicyclic) bond motifs is 1. The number of benzene rings is 1. The molecule has 0 aliphatic heterocycles. The number of hydrogen-bond donors (Lipinski definition) is 0. The molecular weight excluding hydrogens is 358 g/mol. The van der Waals surface area contributed by atoms with Crippen molar-refractivity contribution >= 4 is 27.0 Å². The van der Waals surface area contributed by atoms with Crippen molar-refractivity contribution in [1.82, 2.24) is 4.31 Å². The van der Waals surface area contributed by atoms with Gasteiger partial charge in [0.25, 0.3) is 10.0 Å². The van der Waals surface area contributed by atoms with Crippen LogP contribution in [0.25, 0.3) is 11.0 Å². The van der Waals surface area contributed by atoms with Gasteiger partial charge in [-0.05, 0) is 30.7 Å². The third-order valence-corrected chi connectivity index (χ3v) is 5.58. The van der Waals surface area contributed by atoms with Crippen LogP contribution in [-0.4, -0.2) is 32.8 Å². The lowest BCUT2D eigenvalue weighted by atomic mass is 10.1. The summed E-state index contributed by atoms with van der Waals surface area (Å²) in [4.78, 5) is 12.1. The minimum atomic E-state index is -3.65. The lowest BCUT2D eigenvalue weighted by molar-refractivity contribution is -0.144. The van der Waals surface area contributed by atoms with Crippen molar-refractivity contribution < 1.29 is 26.8 Å². The highest BCUT2D eigenvalue weighted by Gasteiger charge is 2.22. The number of ether oxygens (including phenoxy) is 1. The van der Waals surface area contributed by atoms with E-state index in [2.05, 4.69) is 0 Å². The third kappa shape index (κ3) is 3.66. The number of sulfonamides is 1. The van der Waals surface area contributed by atoms with Crippen molar-refractivity contribution in [2.24, 2.45) is 0 Å². The maximum Gasteiger partial charge on any atom is 0.310 e. The topological polar surface area (TPSA) is 90.0 Å². The van der Waals surface area contributed by atoms with Crippen LogP contribution >= 0.6 is 0 Å². The first-order valence-electron chi connectivity index (χ1n) is 7.91. The van der Waals surface area contributed by atoms with Crippen LogP contribution in [0.1, 0.15) is 16.9 Å². The summed E-state index contributed by atoms with van der Waals surface area (Å²) in [6, 6.07) is 8.56. The zero-order valence-corrected chi connectivity index (χ0v) is 15.5. The second-order valence-electron chi connectivity index (χ2n) is 6.11. The van der Waals surface area contributed by atoms with Gasteiger partial charge >= 0.3 is 5.97 Å². The highest BCUT2D eigenvalue weighted by molar-refractivity contribution is 7.88. The van der Waals surface area contributed by atoms with E-state index in [4.69, 9.17) is 13.6 Å². The highest BCUT2D eigenvalue weighted by Crippen LogP contribution is 2.23. The zero-order valence-electron chi connectivity index (χ0n) is 14.7. The molecule has 0 amide bonds. The Bertz CT molecular complexity index is 1040. The summed E-state index contributed by atoms with van der Waals surface area (Å²) in [6.45, 7) is 1.82. The quantitative estimate of drug-likeness (QED) is 0.614. The molecule has 2 aromatic heterocycles. The van der Waals surface area contributed by atoms with E-state index in [0.29, 0.717) is 0 Å². The molecule has 1 aromatic carbocycles. The smallest absolute Gasteiger partial charge is 0.310 e. The molecule has 0 saturated carbocycles. The Morgan fingerprint density at radius 1 is 1.19 bits per heavy atom. The van der Waals surface area contributed by atoms with Gasteiger partial charge in [-0.25, -0.2) is 12.7 Å². The van der Waals surface area contributed by atoms with Crippen molar-refractivity contribution in [3.05, 3.63) is 53.5 Å². The average Bonchev–Trinajstić information content (AvgIpc) is 3.20. The molecule has 0 saturated heterocycles. The van der Waals surface area contributed by atoms with E-state index < -0.39 is 16.0 Å². The predicted octanol–water partition coefficient (Wildman–Crippen LogP) is 2.87. The summed E-state index contributed by atoms with van der Waals surface area (Å²) in [5.74, 6) is -0.201. The van der Waals surface area contributed by atoms with Crippen LogP contribution in [0.2, 0.25) is 0 Å². The Labute approximate surface area is 151 Å². The maximum absolute atomic E-state index is 12.1. The molecule has 8 heteroatoms. The number of aryl methyl sites for hydroxylation is 1. The number of rotatable bonds is 6. The molecule has 2 heterocycles. The van der Waals surface area contributed by atoms with E-state index in [1.165, 1.54) is 26.2 Å². The van der Waals surface area contributed by atoms with Gasteiger partial charge < -0.3 is 13.6 Å². The molecule has 26 heavy (non-hydrogen) atoms. The van der Waals surface area contributed by atoms with Crippen LogP contribution in [-0.2, 0) is 32.6 Å². The van der Waals surface area contributed by atoms with Crippen molar-refractivity contribution in [2.45, 2.75) is 25.0 Å². The zero-order chi connectivity index (χ0) is 18.9. The van der Waals surface area contributed by atoms with Gasteiger partial charge in [-0.15, -0.1) is 0 Å². The Kier molecular flexibility index (Phi) is 4.88. The fourth-order valence-corrected chi connectivity index (χ4v) is 3.25. The second kappa shape index (κ2) is 6.97. The van der Waals surface area contributed by atoms with E-state index in [9.17, 15) is 13.2 Å². The van der Waals surface area contributed by atoms with Gasteiger partial charge in [0.2, 0.25) is 5.09 Å². The van der Waals surface area contributed by atoms with E-state index >= 15 is 0 Å². The van der Waals surface area contributed by atoms with Gasteiger partial charge in [0, 0.05) is 25.0 Å². The van der Waals surface area contributed by atoms with Gasteiger partial charge in [-0.1, -0.05) is 12.1 Å². The fourth-order valence-electron chi connectivity index (χ4n) is 2.44. The summed E-state index contributed by atoms with van der Waals surface area (Å²) in [6.07, 6.45) is 1.60. The molecule has 3 aromatic rings. The largest absolute Gasteiger partial charge is 0.464 e. The van der Waals surface area contributed by atoms with Crippen molar-refractivity contribution in [1.29, 1.82) is 0 Å². The molecule has 0 bridgehead atoms. The Balaban J connectivity index is 1.63.